The van der Waals surface area contributed by atoms with Gasteiger partial charge in [-0.15, -0.1) is 11.8 Å². The first kappa shape index (κ1) is 13.9. The van der Waals surface area contributed by atoms with Gasteiger partial charge in [-0.1, -0.05) is 12.1 Å². The maximum absolute atomic E-state index is 5.38. The SMILES string of the molecule is COC(OC)c1ccc(SCC2CCOC2)cc1. The van der Waals surface area contributed by atoms with Gasteiger partial charge < -0.3 is 14.2 Å². The molecule has 100 valence electrons. The number of rotatable bonds is 6. The number of hydrogen-bond acceptors (Lipinski definition) is 4. The van der Waals surface area contributed by atoms with Crippen LogP contribution < -0.4 is 0 Å². The van der Waals surface area contributed by atoms with Crippen LogP contribution in [-0.4, -0.2) is 33.2 Å². The van der Waals surface area contributed by atoms with E-state index in [0.29, 0.717) is 5.92 Å². The van der Waals surface area contributed by atoms with Crippen LogP contribution in [0.3, 0.4) is 0 Å². The lowest BCUT2D eigenvalue weighted by molar-refractivity contribution is -0.106. The van der Waals surface area contributed by atoms with E-state index in [9.17, 15) is 0 Å². The summed E-state index contributed by atoms with van der Waals surface area (Å²) in [6.07, 6.45) is 0.924. The molecule has 0 spiro atoms. The highest BCUT2D eigenvalue weighted by Crippen LogP contribution is 2.26. The second kappa shape index (κ2) is 7.14. The highest BCUT2D eigenvalue weighted by molar-refractivity contribution is 7.99. The highest BCUT2D eigenvalue weighted by Gasteiger charge is 2.15. The standard InChI is InChI=1S/C14H20O3S/c1-15-14(16-2)12-3-5-13(6-4-12)18-10-11-7-8-17-9-11/h3-6,11,14H,7-10H2,1-2H3. The van der Waals surface area contributed by atoms with Crippen molar-refractivity contribution in [2.75, 3.05) is 33.2 Å². The molecule has 1 aliphatic heterocycles. The fraction of sp³-hybridized carbons (Fsp3) is 0.571. The Kier molecular flexibility index (Phi) is 5.50. The normalized spacial score (nSPS) is 19.6. The first-order valence-electron chi connectivity index (χ1n) is 6.19. The van der Waals surface area contributed by atoms with Gasteiger partial charge in [0.05, 0.1) is 6.61 Å². The fourth-order valence-electron chi connectivity index (χ4n) is 2.02. The molecular weight excluding hydrogens is 248 g/mol. The second-order valence-corrected chi connectivity index (χ2v) is 5.51. The van der Waals surface area contributed by atoms with Crippen molar-refractivity contribution in [2.45, 2.75) is 17.6 Å². The Labute approximate surface area is 113 Å². The van der Waals surface area contributed by atoms with Gasteiger partial charge in [0, 0.05) is 37.0 Å². The topological polar surface area (TPSA) is 27.7 Å². The third-order valence-corrected chi connectivity index (χ3v) is 4.33. The number of ether oxygens (including phenoxy) is 3. The molecule has 0 saturated carbocycles. The molecule has 0 aliphatic carbocycles. The molecule has 1 atom stereocenters. The van der Waals surface area contributed by atoms with E-state index < -0.39 is 0 Å². The van der Waals surface area contributed by atoms with Gasteiger partial charge in [-0.05, 0) is 24.5 Å². The molecule has 0 aromatic heterocycles. The summed E-state index contributed by atoms with van der Waals surface area (Å²) >= 11 is 1.89. The lowest BCUT2D eigenvalue weighted by Crippen LogP contribution is -2.03. The van der Waals surface area contributed by atoms with Crippen molar-refractivity contribution in [3.8, 4) is 0 Å². The molecular formula is C14H20O3S. The molecule has 1 heterocycles. The van der Waals surface area contributed by atoms with Gasteiger partial charge in [-0.25, -0.2) is 0 Å². The minimum Gasteiger partial charge on any atom is -0.381 e. The van der Waals surface area contributed by atoms with Crippen LogP contribution in [0.1, 0.15) is 18.3 Å². The van der Waals surface area contributed by atoms with E-state index in [1.807, 2.05) is 11.8 Å². The van der Waals surface area contributed by atoms with Crippen LogP contribution in [0.15, 0.2) is 29.2 Å². The Bertz CT molecular complexity index is 343. The number of hydrogen-bond donors (Lipinski definition) is 0. The lowest BCUT2D eigenvalue weighted by atomic mass is 10.2. The van der Waals surface area contributed by atoms with Crippen LogP contribution in [0.5, 0.6) is 0 Å². The van der Waals surface area contributed by atoms with Crippen molar-refractivity contribution in [2.24, 2.45) is 5.92 Å². The molecule has 3 nitrogen and oxygen atoms in total. The molecule has 0 N–H and O–H groups in total. The monoisotopic (exact) mass is 268 g/mol. The zero-order valence-electron chi connectivity index (χ0n) is 10.9. The summed E-state index contributed by atoms with van der Waals surface area (Å²) < 4.78 is 15.8. The van der Waals surface area contributed by atoms with Gasteiger partial charge in [0.15, 0.2) is 6.29 Å². The van der Waals surface area contributed by atoms with E-state index in [-0.39, 0.29) is 6.29 Å². The molecule has 4 heteroatoms. The van der Waals surface area contributed by atoms with E-state index in [1.165, 1.54) is 11.3 Å². The van der Waals surface area contributed by atoms with E-state index in [1.54, 1.807) is 14.2 Å². The van der Waals surface area contributed by atoms with Crippen LogP contribution in [0.25, 0.3) is 0 Å². The lowest BCUT2D eigenvalue weighted by Gasteiger charge is -2.14. The Balaban J connectivity index is 1.86. The van der Waals surface area contributed by atoms with Crippen LogP contribution >= 0.6 is 11.8 Å². The second-order valence-electron chi connectivity index (χ2n) is 4.41. The number of benzene rings is 1. The molecule has 1 unspecified atom stereocenters. The summed E-state index contributed by atoms with van der Waals surface area (Å²) in [5.41, 5.74) is 1.05. The predicted molar refractivity (Wildman–Crippen MR) is 72.9 cm³/mol. The van der Waals surface area contributed by atoms with Gasteiger partial charge in [0.2, 0.25) is 0 Å². The number of thioether (sulfide) groups is 1. The summed E-state index contributed by atoms with van der Waals surface area (Å²) in [5.74, 6) is 1.84. The van der Waals surface area contributed by atoms with Gasteiger partial charge >= 0.3 is 0 Å². The minimum absolute atomic E-state index is 0.271. The Morgan fingerprint density at radius 3 is 2.56 bits per heavy atom. The van der Waals surface area contributed by atoms with Gasteiger partial charge in [-0.2, -0.15) is 0 Å². The molecule has 0 amide bonds. The third kappa shape index (κ3) is 3.72. The smallest absolute Gasteiger partial charge is 0.183 e. The van der Waals surface area contributed by atoms with Gasteiger partial charge in [0.25, 0.3) is 0 Å². The van der Waals surface area contributed by atoms with Gasteiger partial charge in [0.1, 0.15) is 0 Å². The van der Waals surface area contributed by atoms with E-state index >= 15 is 0 Å². The minimum atomic E-state index is -0.271. The van der Waals surface area contributed by atoms with Crippen LogP contribution in [-0.2, 0) is 14.2 Å². The van der Waals surface area contributed by atoms with Crippen LogP contribution in [0.2, 0.25) is 0 Å². The summed E-state index contributed by atoms with van der Waals surface area (Å²) in [4.78, 5) is 1.29. The van der Waals surface area contributed by atoms with Crippen molar-refractivity contribution in [1.29, 1.82) is 0 Å². The van der Waals surface area contributed by atoms with Crippen molar-refractivity contribution in [1.82, 2.24) is 0 Å². The Morgan fingerprint density at radius 2 is 2.00 bits per heavy atom. The van der Waals surface area contributed by atoms with Crippen molar-refractivity contribution in [3.63, 3.8) is 0 Å². The van der Waals surface area contributed by atoms with Gasteiger partial charge in [-0.3, -0.25) is 0 Å². The molecule has 1 saturated heterocycles. The fourth-order valence-corrected chi connectivity index (χ4v) is 3.04. The predicted octanol–water partition coefficient (Wildman–Crippen LogP) is 3.11. The summed E-state index contributed by atoms with van der Waals surface area (Å²) in [6, 6.07) is 8.37. The largest absolute Gasteiger partial charge is 0.381 e. The first-order chi connectivity index (χ1) is 8.83. The quantitative estimate of drug-likeness (QED) is 0.585. The molecule has 1 aromatic rings. The average Bonchev–Trinajstić information content (AvgIpc) is 2.92. The maximum atomic E-state index is 5.38. The maximum Gasteiger partial charge on any atom is 0.183 e. The first-order valence-corrected chi connectivity index (χ1v) is 7.18. The third-order valence-electron chi connectivity index (χ3n) is 3.09. The highest BCUT2D eigenvalue weighted by atomic mass is 32.2. The van der Waals surface area contributed by atoms with Crippen LogP contribution in [0, 0.1) is 5.92 Å². The summed E-state index contributed by atoms with van der Waals surface area (Å²) in [5, 5.41) is 0. The molecule has 1 aliphatic rings. The van der Waals surface area contributed by atoms with Crippen molar-refractivity contribution < 1.29 is 14.2 Å². The average molecular weight is 268 g/mol. The molecule has 2 rings (SSSR count). The Hall–Kier alpha value is -0.550. The number of methoxy groups -OCH3 is 2. The van der Waals surface area contributed by atoms with E-state index in [4.69, 9.17) is 14.2 Å². The van der Waals surface area contributed by atoms with Crippen molar-refractivity contribution in [3.05, 3.63) is 29.8 Å². The molecule has 1 aromatic carbocycles. The molecule has 0 bridgehead atoms. The summed E-state index contributed by atoms with van der Waals surface area (Å²) in [6.45, 7) is 1.84. The Morgan fingerprint density at radius 1 is 1.28 bits per heavy atom. The van der Waals surface area contributed by atoms with E-state index in [2.05, 4.69) is 24.3 Å². The summed E-state index contributed by atoms with van der Waals surface area (Å²) in [7, 11) is 3.30. The molecule has 1 fully saturated rings. The zero-order chi connectivity index (χ0) is 12.8. The molecule has 18 heavy (non-hydrogen) atoms. The zero-order valence-corrected chi connectivity index (χ0v) is 11.7. The van der Waals surface area contributed by atoms with E-state index in [0.717, 1.165) is 24.5 Å². The van der Waals surface area contributed by atoms with Crippen LogP contribution in [0.4, 0.5) is 0 Å². The molecule has 0 radical (unpaired) electrons. The van der Waals surface area contributed by atoms with Crippen molar-refractivity contribution >= 4 is 11.8 Å².